The van der Waals surface area contributed by atoms with Crippen LogP contribution in [0.25, 0.3) is 0 Å². The second kappa shape index (κ2) is 31.2. The van der Waals surface area contributed by atoms with E-state index in [-0.39, 0.29) is 83.1 Å². The lowest BCUT2D eigenvalue weighted by Crippen LogP contribution is -2.70. The molecule has 3 aliphatic heterocycles. The van der Waals surface area contributed by atoms with E-state index in [0.29, 0.717) is 12.8 Å². The van der Waals surface area contributed by atoms with Crippen molar-refractivity contribution >= 4 is 53.5 Å². The minimum atomic E-state index is -1.49. The minimum absolute atomic E-state index is 0.0422. The molecule has 0 aromatic rings. The highest BCUT2D eigenvalue weighted by atomic mass is 16.8. The molecule has 2 saturated carbocycles. The number of terminal acetylenes is 1. The van der Waals surface area contributed by atoms with Gasteiger partial charge in [-0.05, 0) is 43.9 Å². The standard InChI is InChI=1S/C52H78N4O21/c1-9-35-25-36(49(64)55-18-17-53-41(63)16-20-66-22-23-67-21-19-54-40(62)10-2)26-37(44(35)77-52-48(72-33(8)61)47(71-32(7)60)43(28(3)69-52)70-31(6)59)74-51-42(56-29(4)57)46-45(39(75-51)27-68-30(5)58)76-50(65)38(73-46)24-34-14-12-11-13-15-34/h2,28,34-39,42-48,51-52H,9,11-27H2,1,3-8H3,(H,53,63)(H,54,62)(H,55,64)(H,56,57)/t28?,35-,36?,37?,38-,39+,42?,43?,44?,45?,46?,47?,48?,51-,52?/m1/s1. The normalized spacial score (nSPS) is 31.1. The van der Waals surface area contributed by atoms with Gasteiger partial charge in [-0.3, -0.25) is 38.4 Å². The van der Waals surface area contributed by atoms with E-state index in [1.165, 1.54) is 13.8 Å². The second-order valence-electron chi connectivity index (χ2n) is 19.9. The topological polar surface area (TPSA) is 313 Å². The van der Waals surface area contributed by atoms with Crippen molar-refractivity contribution in [2.75, 3.05) is 52.7 Å². The Hall–Kier alpha value is -5.49. The molecule has 0 bridgehead atoms. The first-order chi connectivity index (χ1) is 36.8. The number of carbonyl (C=O) groups is 9. The highest BCUT2D eigenvalue weighted by Gasteiger charge is 2.57. The van der Waals surface area contributed by atoms with Gasteiger partial charge in [-0.2, -0.15) is 0 Å². The van der Waals surface area contributed by atoms with Crippen LogP contribution < -0.4 is 21.3 Å². The Morgan fingerprint density at radius 1 is 0.688 bits per heavy atom. The molecule has 5 fully saturated rings. The summed E-state index contributed by atoms with van der Waals surface area (Å²) in [4.78, 5) is 114. The Morgan fingerprint density at radius 2 is 1.35 bits per heavy atom. The van der Waals surface area contributed by atoms with Gasteiger partial charge in [0.1, 0.15) is 24.9 Å². The van der Waals surface area contributed by atoms with E-state index in [1.54, 1.807) is 6.92 Å². The third-order valence-corrected chi connectivity index (χ3v) is 13.9. The van der Waals surface area contributed by atoms with Gasteiger partial charge in [-0.25, -0.2) is 4.79 Å². The van der Waals surface area contributed by atoms with Crippen LogP contribution >= 0.6 is 0 Å². The van der Waals surface area contributed by atoms with Gasteiger partial charge in [0.2, 0.25) is 17.7 Å². The van der Waals surface area contributed by atoms with Crippen LogP contribution in [-0.4, -0.2) is 186 Å². The fourth-order valence-corrected chi connectivity index (χ4v) is 10.4. The monoisotopic (exact) mass is 1090 g/mol. The van der Waals surface area contributed by atoms with E-state index >= 15 is 0 Å². The number of esters is 5. The second-order valence-corrected chi connectivity index (χ2v) is 19.9. The third-order valence-electron chi connectivity index (χ3n) is 13.9. The van der Waals surface area contributed by atoms with Crippen LogP contribution in [-0.2, 0) is 100.0 Å². The maximum Gasteiger partial charge on any atom is 0.335 e. The number of hydrogen-bond donors (Lipinski definition) is 4. The van der Waals surface area contributed by atoms with Gasteiger partial charge in [0, 0.05) is 66.6 Å². The zero-order chi connectivity index (χ0) is 56.2. The molecule has 0 aromatic heterocycles. The number of rotatable bonds is 26. The Kier molecular flexibility index (Phi) is 25.3. The summed E-state index contributed by atoms with van der Waals surface area (Å²) in [5.41, 5.74) is 0. The summed E-state index contributed by atoms with van der Waals surface area (Å²) in [6, 6.07) is -1.15. The summed E-state index contributed by atoms with van der Waals surface area (Å²) in [5.74, 6) is -4.43. The molecule has 25 nitrogen and oxygen atoms in total. The van der Waals surface area contributed by atoms with Crippen LogP contribution in [0.15, 0.2) is 0 Å². The van der Waals surface area contributed by atoms with Crippen molar-refractivity contribution in [3.63, 3.8) is 0 Å². The van der Waals surface area contributed by atoms with Gasteiger partial charge in [0.15, 0.2) is 43.1 Å². The van der Waals surface area contributed by atoms with Gasteiger partial charge in [-0.1, -0.05) is 45.4 Å². The van der Waals surface area contributed by atoms with Crippen molar-refractivity contribution in [2.24, 2.45) is 17.8 Å². The first-order valence-corrected chi connectivity index (χ1v) is 26.6. The molecule has 0 radical (unpaired) electrons. The number of nitrogens with one attached hydrogen (secondary N) is 4. The Balaban J connectivity index is 1.38. The Morgan fingerprint density at radius 3 is 2.00 bits per heavy atom. The van der Waals surface area contributed by atoms with E-state index in [2.05, 4.69) is 21.3 Å². The Labute approximate surface area is 448 Å². The van der Waals surface area contributed by atoms with Crippen LogP contribution in [0.1, 0.15) is 113 Å². The molecule has 11 unspecified atom stereocenters. The first-order valence-electron chi connectivity index (χ1n) is 26.6. The third kappa shape index (κ3) is 19.4. The summed E-state index contributed by atoms with van der Waals surface area (Å²) in [6.45, 7) is 10.2. The Bertz CT molecular complexity index is 2060. The minimum Gasteiger partial charge on any atom is -0.463 e. The SMILES string of the molecule is C#CC(=O)NCCOCCOCCC(=O)NCCNC(=O)C1CC(O[C@@H]2O[C@@H](COC(C)=O)C3OC(=O)[C@@H](CC4CCCCC4)OC3C2NC(C)=O)C(OC2OC(C)C(OC(C)=O)C(OC(C)=O)C2OC(C)=O)[C@H](CC)C1. The van der Waals surface area contributed by atoms with Crippen molar-refractivity contribution in [3.05, 3.63) is 0 Å². The number of carbonyl (C=O) groups excluding carboxylic acids is 9. The number of amides is 4. The smallest absolute Gasteiger partial charge is 0.335 e. The number of ether oxygens (including phenoxy) is 12. The maximum absolute atomic E-state index is 14.2. The molecule has 25 heteroatoms. The van der Waals surface area contributed by atoms with Gasteiger partial charge in [0.05, 0.1) is 44.7 Å². The maximum atomic E-state index is 14.2. The van der Waals surface area contributed by atoms with E-state index in [1.807, 2.05) is 12.8 Å². The molecule has 5 rings (SSSR count). The number of fused-ring (bicyclic) bond motifs is 1. The molecule has 0 aromatic carbocycles. The van der Waals surface area contributed by atoms with E-state index in [4.69, 9.17) is 63.3 Å². The molecule has 3 saturated heterocycles. The molecular weight excluding hydrogens is 1020 g/mol. The van der Waals surface area contributed by atoms with Crippen molar-refractivity contribution < 1.29 is 100.0 Å². The lowest BCUT2D eigenvalue weighted by atomic mass is 9.75. The van der Waals surface area contributed by atoms with Crippen LogP contribution in [0.4, 0.5) is 0 Å². The van der Waals surface area contributed by atoms with Gasteiger partial charge >= 0.3 is 29.8 Å². The van der Waals surface area contributed by atoms with Crippen molar-refractivity contribution in [2.45, 2.75) is 192 Å². The van der Waals surface area contributed by atoms with E-state index < -0.39 is 140 Å². The van der Waals surface area contributed by atoms with Crippen LogP contribution in [0.5, 0.6) is 0 Å². The number of hydrogen-bond acceptors (Lipinski definition) is 21. The summed E-state index contributed by atoms with van der Waals surface area (Å²) >= 11 is 0. The van der Waals surface area contributed by atoms with Crippen LogP contribution in [0.2, 0.25) is 0 Å². The lowest BCUT2D eigenvalue weighted by molar-refractivity contribution is -0.344. The van der Waals surface area contributed by atoms with Gasteiger partial charge in [0.25, 0.3) is 5.91 Å². The fraction of sp³-hybridized carbons (Fsp3) is 0.788. The summed E-state index contributed by atoms with van der Waals surface area (Å²) in [6.07, 6.45) is -3.60. The summed E-state index contributed by atoms with van der Waals surface area (Å²) < 4.78 is 72.4. The molecule has 4 amide bonds. The average Bonchev–Trinajstić information content (AvgIpc) is 3.38. The van der Waals surface area contributed by atoms with Crippen molar-refractivity contribution in [3.8, 4) is 12.3 Å². The highest BCUT2D eigenvalue weighted by Crippen LogP contribution is 2.42. The average molecular weight is 1100 g/mol. The lowest BCUT2D eigenvalue weighted by Gasteiger charge is -2.51. The van der Waals surface area contributed by atoms with Crippen LogP contribution in [0, 0.1) is 30.1 Å². The molecule has 0 spiro atoms. The van der Waals surface area contributed by atoms with Gasteiger partial charge < -0.3 is 78.1 Å². The van der Waals surface area contributed by atoms with Crippen molar-refractivity contribution in [1.82, 2.24) is 21.3 Å². The molecular formula is C52H78N4O21. The predicted octanol–water partition coefficient (Wildman–Crippen LogP) is 0.580. The summed E-state index contributed by atoms with van der Waals surface area (Å²) in [7, 11) is 0. The highest BCUT2D eigenvalue weighted by molar-refractivity contribution is 5.92. The molecule has 432 valence electrons. The molecule has 4 N–H and O–H groups in total. The fourth-order valence-electron chi connectivity index (χ4n) is 10.4. The summed E-state index contributed by atoms with van der Waals surface area (Å²) in [5, 5.41) is 11.0. The molecule has 2 aliphatic carbocycles. The van der Waals surface area contributed by atoms with Crippen molar-refractivity contribution in [1.29, 1.82) is 0 Å². The van der Waals surface area contributed by atoms with E-state index in [9.17, 15) is 43.2 Å². The van der Waals surface area contributed by atoms with Gasteiger partial charge in [-0.15, -0.1) is 6.42 Å². The zero-order valence-electron chi connectivity index (χ0n) is 45.1. The predicted molar refractivity (Wildman–Crippen MR) is 264 cm³/mol. The zero-order valence-corrected chi connectivity index (χ0v) is 45.1. The van der Waals surface area contributed by atoms with Crippen LogP contribution in [0.3, 0.4) is 0 Å². The quantitative estimate of drug-likeness (QED) is 0.0398. The first kappa shape index (κ1) is 62.4. The molecule has 5 aliphatic rings. The van der Waals surface area contributed by atoms with E-state index in [0.717, 1.165) is 52.9 Å². The molecule has 77 heavy (non-hydrogen) atoms. The molecule has 15 atom stereocenters. The largest absolute Gasteiger partial charge is 0.463 e. The molecule has 3 heterocycles.